The fourth-order valence-corrected chi connectivity index (χ4v) is 2.17. The predicted octanol–water partition coefficient (Wildman–Crippen LogP) is 1.68. The summed E-state index contributed by atoms with van der Waals surface area (Å²) in [6.45, 7) is 6.97. The summed E-state index contributed by atoms with van der Waals surface area (Å²) in [5, 5.41) is 14.5. The molecule has 1 unspecified atom stereocenters. The fourth-order valence-electron chi connectivity index (χ4n) is 2.17. The van der Waals surface area contributed by atoms with Crippen LogP contribution in [0.3, 0.4) is 0 Å². The van der Waals surface area contributed by atoms with Gasteiger partial charge < -0.3 is 10.6 Å². The van der Waals surface area contributed by atoms with Crippen LogP contribution in [0.5, 0.6) is 0 Å². The van der Waals surface area contributed by atoms with Gasteiger partial charge in [0.25, 0.3) is 0 Å². The molecule has 0 radical (unpaired) electrons. The van der Waals surface area contributed by atoms with E-state index in [-0.39, 0.29) is 11.9 Å². The van der Waals surface area contributed by atoms with Gasteiger partial charge in [0.05, 0.1) is 6.04 Å². The summed E-state index contributed by atoms with van der Waals surface area (Å²) < 4.78 is 1.89. The van der Waals surface area contributed by atoms with Crippen molar-refractivity contribution in [2.24, 2.45) is 0 Å². The molecule has 2 heterocycles. The van der Waals surface area contributed by atoms with Crippen LogP contribution in [-0.2, 0) is 4.79 Å². The van der Waals surface area contributed by atoms with Crippen LogP contribution in [0.4, 0.5) is 0 Å². The van der Waals surface area contributed by atoms with Crippen LogP contribution in [0.1, 0.15) is 45.5 Å². The van der Waals surface area contributed by atoms with Crippen molar-refractivity contribution in [3.8, 4) is 0 Å². The Kier molecular flexibility index (Phi) is 5.27. The Morgan fingerprint density at radius 1 is 1.29 bits per heavy atom. The SMILES string of the molecule is CC(C)NCCCC(=O)NC(C)c1nnc2ccccn12. The van der Waals surface area contributed by atoms with Crippen molar-refractivity contribution in [2.45, 2.75) is 45.7 Å². The van der Waals surface area contributed by atoms with E-state index >= 15 is 0 Å². The first-order chi connectivity index (χ1) is 10.1. The number of hydrogen-bond donors (Lipinski definition) is 2. The van der Waals surface area contributed by atoms with Gasteiger partial charge in [-0.2, -0.15) is 0 Å². The number of nitrogens with one attached hydrogen (secondary N) is 2. The van der Waals surface area contributed by atoms with Crippen LogP contribution in [0.15, 0.2) is 24.4 Å². The normalized spacial score (nSPS) is 12.8. The summed E-state index contributed by atoms with van der Waals surface area (Å²) in [7, 11) is 0. The zero-order chi connectivity index (χ0) is 15.2. The first-order valence-corrected chi connectivity index (χ1v) is 7.40. The smallest absolute Gasteiger partial charge is 0.220 e. The molecule has 0 spiro atoms. The van der Waals surface area contributed by atoms with Gasteiger partial charge in [-0.15, -0.1) is 10.2 Å². The van der Waals surface area contributed by atoms with Crippen molar-refractivity contribution >= 4 is 11.6 Å². The zero-order valence-corrected chi connectivity index (χ0v) is 12.8. The van der Waals surface area contributed by atoms with E-state index in [0.717, 1.165) is 24.4 Å². The summed E-state index contributed by atoms with van der Waals surface area (Å²) in [5.74, 6) is 0.792. The largest absolute Gasteiger partial charge is 0.346 e. The van der Waals surface area contributed by atoms with Crippen molar-refractivity contribution in [1.29, 1.82) is 0 Å². The molecule has 2 N–H and O–H groups in total. The average molecular weight is 289 g/mol. The van der Waals surface area contributed by atoms with Gasteiger partial charge in [-0.1, -0.05) is 19.9 Å². The van der Waals surface area contributed by atoms with Crippen molar-refractivity contribution in [3.05, 3.63) is 30.2 Å². The minimum Gasteiger partial charge on any atom is -0.346 e. The quantitative estimate of drug-likeness (QED) is 0.761. The van der Waals surface area contributed by atoms with Gasteiger partial charge in [-0.05, 0) is 32.0 Å². The topological polar surface area (TPSA) is 71.3 Å². The van der Waals surface area contributed by atoms with Gasteiger partial charge in [-0.3, -0.25) is 9.20 Å². The molecule has 6 nitrogen and oxygen atoms in total. The summed E-state index contributed by atoms with van der Waals surface area (Å²) in [5.41, 5.74) is 0.787. The molecule has 1 amide bonds. The number of rotatable bonds is 7. The maximum Gasteiger partial charge on any atom is 0.220 e. The number of amides is 1. The molecule has 2 rings (SSSR count). The Balaban J connectivity index is 1.86. The Hall–Kier alpha value is -1.95. The number of pyridine rings is 1. The predicted molar refractivity (Wildman–Crippen MR) is 81.9 cm³/mol. The molecule has 0 saturated carbocycles. The highest BCUT2D eigenvalue weighted by atomic mass is 16.1. The maximum absolute atomic E-state index is 11.9. The molecule has 0 fully saturated rings. The molecule has 0 aromatic carbocycles. The molecule has 21 heavy (non-hydrogen) atoms. The van der Waals surface area contributed by atoms with Crippen molar-refractivity contribution in [2.75, 3.05) is 6.54 Å². The highest BCUT2D eigenvalue weighted by molar-refractivity contribution is 5.76. The van der Waals surface area contributed by atoms with Crippen LogP contribution >= 0.6 is 0 Å². The van der Waals surface area contributed by atoms with Gasteiger partial charge in [0.1, 0.15) is 0 Å². The van der Waals surface area contributed by atoms with E-state index < -0.39 is 0 Å². The van der Waals surface area contributed by atoms with Gasteiger partial charge >= 0.3 is 0 Å². The second-order valence-electron chi connectivity index (χ2n) is 5.49. The van der Waals surface area contributed by atoms with E-state index in [2.05, 4.69) is 34.7 Å². The molecule has 2 aromatic rings. The van der Waals surface area contributed by atoms with Crippen molar-refractivity contribution in [3.63, 3.8) is 0 Å². The molecular weight excluding hydrogens is 266 g/mol. The van der Waals surface area contributed by atoms with Crippen LogP contribution in [0, 0.1) is 0 Å². The molecule has 0 aliphatic rings. The lowest BCUT2D eigenvalue weighted by molar-refractivity contribution is -0.121. The molecule has 0 bridgehead atoms. The fraction of sp³-hybridized carbons (Fsp3) is 0.533. The van der Waals surface area contributed by atoms with E-state index in [1.165, 1.54) is 0 Å². The molecule has 0 aliphatic carbocycles. The Morgan fingerprint density at radius 2 is 2.10 bits per heavy atom. The first kappa shape index (κ1) is 15.4. The maximum atomic E-state index is 11.9. The van der Waals surface area contributed by atoms with Gasteiger partial charge in [0, 0.05) is 18.7 Å². The lowest BCUT2D eigenvalue weighted by Gasteiger charge is -2.13. The third kappa shape index (κ3) is 4.26. The lowest BCUT2D eigenvalue weighted by Crippen LogP contribution is -2.29. The van der Waals surface area contributed by atoms with Crippen LogP contribution in [-0.4, -0.2) is 33.1 Å². The van der Waals surface area contributed by atoms with Crippen LogP contribution in [0.2, 0.25) is 0 Å². The summed E-state index contributed by atoms with van der Waals surface area (Å²) in [6, 6.07) is 6.02. The first-order valence-electron chi connectivity index (χ1n) is 7.40. The summed E-state index contributed by atoms with van der Waals surface area (Å²) >= 11 is 0. The Bertz CT molecular complexity index is 593. The van der Waals surface area contributed by atoms with Crippen molar-refractivity contribution < 1.29 is 4.79 Å². The third-order valence-corrected chi connectivity index (χ3v) is 3.24. The molecule has 2 aromatic heterocycles. The third-order valence-electron chi connectivity index (χ3n) is 3.24. The molecule has 6 heteroatoms. The van der Waals surface area contributed by atoms with Crippen molar-refractivity contribution in [1.82, 2.24) is 25.2 Å². The lowest BCUT2D eigenvalue weighted by atomic mass is 10.2. The van der Waals surface area contributed by atoms with E-state index in [9.17, 15) is 4.79 Å². The molecule has 114 valence electrons. The number of fused-ring (bicyclic) bond motifs is 1. The van der Waals surface area contributed by atoms with Gasteiger partial charge in [0.15, 0.2) is 11.5 Å². The summed E-state index contributed by atoms with van der Waals surface area (Å²) in [6.07, 6.45) is 3.25. The van der Waals surface area contributed by atoms with E-state index in [1.54, 1.807) is 0 Å². The number of aromatic nitrogens is 3. The number of carbonyl (C=O) groups excluding carboxylic acids is 1. The Labute approximate surface area is 125 Å². The zero-order valence-electron chi connectivity index (χ0n) is 12.8. The second kappa shape index (κ2) is 7.17. The summed E-state index contributed by atoms with van der Waals surface area (Å²) in [4.78, 5) is 11.9. The Morgan fingerprint density at radius 3 is 2.86 bits per heavy atom. The second-order valence-corrected chi connectivity index (χ2v) is 5.49. The van der Waals surface area contributed by atoms with Crippen LogP contribution in [0.25, 0.3) is 5.65 Å². The monoisotopic (exact) mass is 289 g/mol. The minimum atomic E-state index is -0.159. The number of nitrogens with zero attached hydrogens (tertiary/aromatic N) is 3. The van der Waals surface area contributed by atoms with E-state index in [4.69, 9.17) is 0 Å². The molecule has 0 aliphatic heterocycles. The number of hydrogen-bond acceptors (Lipinski definition) is 4. The van der Waals surface area contributed by atoms with Gasteiger partial charge in [0.2, 0.25) is 5.91 Å². The standard InChI is InChI=1S/C15H23N5O/c1-11(2)16-9-6-8-14(21)17-12(3)15-19-18-13-7-4-5-10-20(13)15/h4-5,7,10-12,16H,6,8-9H2,1-3H3,(H,17,21). The molecule has 1 atom stereocenters. The van der Waals surface area contributed by atoms with E-state index in [0.29, 0.717) is 12.5 Å². The number of carbonyl (C=O) groups is 1. The highest BCUT2D eigenvalue weighted by Crippen LogP contribution is 2.11. The van der Waals surface area contributed by atoms with Gasteiger partial charge in [-0.25, -0.2) is 0 Å². The average Bonchev–Trinajstić information content (AvgIpc) is 2.87. The minimum absolute atomic E-state index is 0.0423. The molecular formula is C15H23N5O. The van der Waals surface area contributed by atoms with E-state index in [1.807, 2.05) is 35.7 Å². The highest BCUT2D eigenvalue weighted by Gasteiger charge is 2.15. The van der Waals surface area contributed by atoms with Crippen LogP contribution < -0.4 is 10.6 Å². The molecule has 0 saturated heterocycles.